The van der Waals surface area contributed by atoms with E-state index in [1.54, 1.807) is 0 Å². The summed E-state index contributed by atoms with van der Waals surface area (Å²) >= 11 is 0. The standard InChI is InChI=1S/C13H26N2O2S/c1-2-15(9-12-5-3-6-12)13(10-14)7-4-8-18(16,17)11-13/h12H,2-11,14H2,1H3. The van der Waals surface area contributed by atoms with E-state index in [1.807, 2.05) is 0 Å². The monoisotopic (exact) mass is 274 g/mol. The molecule has 1 heterocycles. The quantitative estimate of drug-likeness (QED) is 0.813. The minimum Gasteiger partial charge on any atom is -0.329 e. The smallest absolute Gasteiger partial charge is 0.152 e. The van der Waals surface area contributed by atoms with Gasteiger partial charge in [0.25, 0.3) is 0 Å². The van der Waals surface area contributed by atoms with Crippen molar-refractivity contribution in [3.63, 3.8) is 0 Å². The molecule has 0 spiro atoms. The van der Waals surface area contributed by atoms with Crippen LogP contribution in [0.5, 0.6) is 0 Å². The topological polar surface area (TPSA) is 63.4 Å². The molecule has 1 atom stereocenters. The predicted octanol–water partition coefficient (Wildman–Crippen LogP) is 1.01. The molecule has 2 rings (SSSR count). The lowest BCUT2D eigenvalue weighted by molar-refractivity contribution is 0.0685. The SMILES string of the molecule is CCN(CC1CCC1)C1(CN)CCCS(=O)(=O)C1. The molecule has 2 fully saturated rings. The van der Waals surface area contributed by atoms with Crippen LogP contribution >= 0.6 is 0 Å². The van der Waals surface area contributed by atoms with Gasteiger partial charge in [-0.2, -0.15) is 0 Å². The molecule has 106 valence electrons. The molecule has 18 heavy (non-hydrogen) atoms. The van der Waals surface area contributed by atoms with Crippen molar-refractivity contribution in [3.05, 3.63) is 0 Å². The fourth-order valence-corrected chi connectivity index (χ4v) is 5.35. The molecule has 1 aliphatic heterocycles. The average Bonchev–Trinajstić information content (AvgIpc) is 2.26. The molecule has 2 aliphatic rings. The number of hydrogen-bond acceptors (Lipinski definition) is 4. The maximum absolute atomic E-state index is 11.9. The largest absolute Gasteiger partial charge is 0.329 e. The second-order valence-corrected chi connectivity index (χ2v) is 8.14. The molecule has 0 bridgehead atoms. The molecule has 2 N–H and O–H groups in total. The summed E-state index contributed by atoms with van der Waals surface area (Å²) in [5.74, 6) is 1.37. The number of nitrogens with two attached hydrogens (primary N) is 1. The van der Waals surface area contributed by atoms with Crippen LogP contribution in [-0.2, 0) is 9.84 Å². The minimum absolute atomic E-state index is 0.261. The molecule has 1 saturated heterocycles. The van der Waals surface area contributed by atoms with Crippen molar-refractivity contribution < 1.29 is 8.42 Å². The summed E-state index contributed by atoms with van der Waals surface area (Å²) in [6.07, 6.45) is 5.62. The van der Waals surface area contributed by atoms with Crippen molar-refractivity contribution in [2.75, 3.05) is 31.1 Å². The first-order chi connectivity index (χ1) is 8.51. The van der Waals surface area contributed by atoms with Crippen LogP contribution in [0, 0.1) is 5.92 Å². The lowest BCUT2D eigenvalue weighted by Crippen LogP contribution is -2.61. The van der Waals surface area contributed by atoms with Crippen LogP contribution in [0.1, 0.15) is 39.0 Å². The van der Waals surface area contributed by atoms with Gasteiger partial charge in [-0.05, 0) is 38.1 Å². The zero-order chi connectivity index (χ0) is 13.2. The van der Waals surface area contributed by atoms with E-state index < -0.39 is 9.84 Å². The first-order valence-electron chi connectivity index (χ1n) is 7.17. The van der Waals surface area contributed by atoms with E-state index in [-0.39, 0.29) is 11.3 Å². The Labute approximate surface area is 111 Å². The first-order valence-corrected chi connectivity index (χ1v) is 8.99. The van der Waals surface area contributed by atoms with Gasteiger partial charge in [0.2, 0.25) is 0 Å². The van der Waals surface area contributed by atoms with E-state index in [0.717, 1.165) is 31.8 Å². The Morgan fingerprint density at radius 1 is 1.33 bits per heavy atom. The van der Waals surface area contributed by atoms with Gasteiger partial charge >= 0.3 is 0 Å². The summed E-state index contributed by atoms with van der Waals surface area (Å²) in [6, 6.07) is 0. The lowest BCUT2D eigenvalue weighted by Gasteiger charge is -2.47. The molecule has 5 heteroatoms. The van der Waals surface area contributed by atoms with E-state index in [0.29, 0.717) is 12.3 Å². The summed E-state index contributed by atoms with van der Waals surface area (Å²) < 4.78 is 23.9. The van der Waals surface area contributed by atoms with Crippen molar-refractivity contribution in [2.45, 2.75) is 44.6 Å². The molecule has 1 aliphatic carbocycles. The summed E-state index contributed by atoms with van der Waals surface area (Å²) in [5, 5.41) is 0. The fraction of sp³-hybridized carbons (Fsp3) is 1.00. The van der Waals surface area contributed by atoms with E-state index in [2.05, 4.69) is 11.8 Å². The van der Waals surface area contributed by atoms with E-state index in [4.69, 9.17) is 5.73 Å². The van der Waals surface area contributed by atoms with Gasteiger partial charge in [0.1, 0.15) is 0 Å². The van der Waals surface area contributed by atoms with Crippen molar-refractivity contribution in [1.82, 2.24) is 4.90 Å². The first kappa shape index (κ1) is 14.3. The molecule has 1 unspecified atom stereocenters. The zero-order valence-corrected chi connectivity index (χ0v) is 12.2. The van der Waals surface area contributed by atoms with Crippen LogP contribution in [0.3, 0.4) is 0 Å². The molecule has 0 radical (unpaired) electrons. The number of sulfone groups is 1. The van der Waals surface area contributed by atoms with Gasteiger partial charge in [0.05, 0.1) is 11.5 Å². The summed E-state index contributed by atoms with van der Waals surface area (Å²) in [7, 11) is -2.90. The molecular formula is C13H26N2O2S. The van der Waals surface area contributed by atoms with E-state index >= 15 is 0 Å². The van der Waals surface area contributed by atoms with Gasteiger partial charge in [-0.15, -0.1) is 0 Å². The maximum Gasteiger partial charge on any atom is 0.152 e. The van der Waals surface area contributed by atoms with E-state index in [1.165, 1.54) is 19.3 Å². The number of likely N-dealkylation sites (N-methyl/N-ethyl adjacent to an activating group) is 1. The summed E-state index contributed by atoms with van der Waals surface area (Å²) in [5.41, 5.74) is 5.67. The Kier molecular flexibility index (Phi) is 4.34. The van der Waals surface area contributed by atoms with Crippen LogP contribution in [0.15, 0.2) is 0 Å². The van der Waals surface area contributed by atoms with Crippen molar-refractivity contribution in [3.8, 4) is 0 Å². The van der Waals surface area contributed by atoms with Crippen LogP contribution in [0.4, 0.5) is 0 Å². The van der Waals surface area contributed by atoms with Crippen LogP contribution in [-0.4, -0.2) is 50.0 Å². The number of rotatable bonds is 5. The highest BCUT2D eigenvalue weighted by molar-refractivity contribution is 7.91. The number of hydrogen-bond donors (Lipinski definition) is 1. The van der Waals surface area contributed by atoms with Crippen molar-refractivity contribution >= 4 is 9.84 Å². The van der Waals surface area contributed by atoms with Crippen LogP contribution < -0.4 is 5.73 Å². The Balaban J connectivity index is 2.12. The average molecular weight is 274 g/mol. The molecule has 0 aromatic rings. The highest BCUT2D eigenvalue weighted by Gasteiger charge is 2.42. The third-order valence-corrected chi connectivity index (χ3v) is 6.61. The van der Waals surface area contributed by atoms with Gasteiger partial charge in [0, 0.05) is 18.6 Å². The van der Waals surface area contributed by atoms with Crippen LogP contribution in [0.25, 0.3) is 0 Å². The minimum atomic E-state index is -2.90. The van der Waals surface area contributed by atoms with Crippen molar-refractivity contribution in [1.29, 1.82) is 0 Å². The molecule has 4 nitrogen and oxygen atoms in total. The Morgan fingerprint density at radius 2 is 2.06 bits per heavy atom. The van der Waals surface area contributed by atoms with Crippen LogP contribution in [0.2, 0.25) is 0 Å². The predicted molar refractivity (Wildman–Crippen MR) is 74.3 cm³/mol. The van der Waals surface area contributed by atoms with Gasteiger partial charge in [-0.1, -0.05) is 13.3 Å². The maximum atomic E-state index is 11.9. The molecule has 1 saturated carbocycles. The third-order valence-electron chi connectivity index (χ3n) is 4.72. The molecule has 0 aromatic carbocycles. The normalized spacial score (nSPS) is 32.4. The summed E-state index contributed by atoms with van der Waals surface area (Å²) in [6.45, 7) is 4.52. The highest BCUT2D eigenvalue weighted by atomic mass is 32.2. The van der Waals surface area contributed by atoms with E-state index in [9.17, 15) is 8.42 Å². The summed E-state index contributed by atoms with van der Waals surface area (Å²) in [4.78, 5) is 2.35. The molecular weight excluding hydrogens is 248 g/mol. The van der Waals surface area contributed by atoms with Gasteiger partial charge in [-0.25, -0.2) is 8.42 Å². The van der Waals surface area contributed by atoms with Crippen molar-refractivity contribution in [2.24, 2.45) is 11.7 Å². The molecule has 0 aromatic heterocycles. The second kappa shape index (κ2) is 5.47. The molecule has 0 amide bonds. The number of nitrogens with zero attached hydrogens (tertiary/aromatic N) is 1. The van der Waals surface area contributed by atoms with Gasteiger partial charge in [0.15, 0.2) is 9.84 Å². The Morgan fingerprint density at radius 3 is 2.50 bits per heavy atom. The second-order valence-electron chi connectivity index (χ2n) is 5.96. The Hall–Kier alpha value is -0.130. The fourth-order valence-electron chi connectivity index (χ4n) is 3.36. The third kappa shape index (κ3) is 2.89. The van der Waals surface area contributed by atoms with Gasteiger partial charge < -0.3 is 5.73 Å². The Bertz CT molecular complexity index is 378. The lowest BCUT2D eigenvalue weighted by atomic mass is 9.83. The zero-order valence-electron chi connectivity index (χ0n) is 11.4. The highest BCUT2D eigenvalue weighted by Crippen LogP contribution is 2.33. The van der Waals surface area contributed by atoms with Gasteiger partial charge in [-0.3, -0.25) is 4.90 Å².